The quantitative estimate of drug-likeness (QED) is 0.801. The fourth-order valence-electron chi connectivity index (χ4n) is 1.96. The Morgan fingerprint density at radius 3 is 3.00 bits per heavy atom. The molecule has 4 heteroatoms. The van der Waals surface area contributed by atoms with E-state index in [1.54, 1.807) is 6.26 Å². The van der Waals surface area contributed by atoms with Gasteiger partial charge in [0.1, 0.15) is 5.76 Å². The molecule has 0 saturated carbocycles. The molecule has 1 aromatic rings. The monoisotopic (exact) mass is 222 g/mol. The molecule has 1 aliphatic rings. The lowest BCUT2D eigenvalue weighted by atomic mass is 10.1. The summed E-state index contributed by atoms with van der Waals surface area (Å²) in [5, 5.41) is 6.34. The Morgan fingerprint density at radius 2 is 2.31 bits per heavy atom. The lowest BCUT2D eigenvalue weighted by molar-refractivity contribution is -0.122. The van der Waals surface area contributed by atoms with Crippen LogP contribution >= 0.6 is 0 Å². The standard InChI is InChI=1S/C12H18N2O2/c15-12(4-3-11-2-1-9-16-11)14-10-5-7-13-8-6-10/h1-2,9-10,13H,3-8H2,(H,14,15). The van der Waals surface area contributed by atoms with E-state index in [1.165, 1.54) is 0 Å². The lowest BCUT2D eigenvalue weighted by Gasteiger charge is -2.23. The summed E-state index contributed by atoms with van der Waals surface area (Å²) in [6, 6.07) is 4.10. The molecule has 1 amide bonds. The van der Waals surface area contributed by atoms with Crippen molar-refractivity contribution in [3.63, 3.8) is 0 Å². The first-order valence-electron chi connectivity index (χ1n) is 5.87. The second-order valence-electron chi connectivity index (χ2n) is 4.17. The fraction of sp³-hybridized carbons (Fsp3) is 0.583. The normalized spacial score (nSPS) is 17.2. The molecular formula is C12H18N2O2. The number of carbonyl (C=O) groups excluding carboxylic acids is 1. The molecule has 2 heterocycles. The number of aryl methyl sites for hydroxylation is 1. The van der Waals surface area contributed by atoms with Gasteiger partial charge in [-0.25, -0.2) is 0 Å². The summed E-state index contributed by atoms with van der Waals surface area (Å²) in [5.41, 5.74) is 0. The summed E-state index contributed by atoms with van der Waals surface area (Å²) in [7, 11) is 0. The van der Waals surface area contributed by atoms with Gasteiger partial charge in [0.15, 0.2) is 0 Å². The van der Waals surface area contributed by atoms with Crippen LogP contribution in [0.25, 0.3) is 0 Å². The molecule has 0 bridgehead atoms. The van der Waals surface area contributed by atoms with E-state index in [4.69, 9.17) is 4.42 Å². The molecule has 88 valence electrons. The number of amides is 1. The number of rotatable bonds is 4. The van der Waals surface area contributed by atoms with Crippen LogP contribution in [0.1, 0.15) is 25.0 Å². The first-order chi connectivity index (χ1) is 7.84. The van der Waals surface area contributed by atoms with Gasteiger partial charge in [0.05, 0.1) is 6.26 Å². The van der Waals surface area contributed by atoms with Gasteiger partial charge in [-0.3, -0.25) is 4.79 Å². The third kappa shape index (κ3) is 3.38. The van der Waals surface area contributed by atoms with E-state index >= 15 is 0 Å². The number of nitrogens with one attached hydrogen (secondary N) is 2. The minimum Gasteiger partial charge on any atom is -0.469 e. The highest BCUT2D eigenvalue weighted by Gasteiger charge is 2.15. The number of carbonyl (C=O) groups is 1. The van der Waals surface area contributed by atoms with E-state index in [0.717, 1.165) is 31.7 Å². The lowest BCUT2D eigenvalue weighted by Crippen LogP contribution is -2.42. The van der Waals surface area contributed by atoms with Gasteiger partial charge in [-0.05, 0) is 38.1 Å². The zero-order chi connectivity index (χ0) is 11.2. The van der Waals surface area contributed by atoms with Gasteiger partial charge < -0.3 is 15.1 Å². The zero-order valence-corrected chi connectivity index (χ0v) is 9.37. The van der Waals surface area contributed by atoms with Gasteiger partial charge in [0.2, 0.25) is 5.91 Å². The van der Waals surface area contributed by atoms with Gasteiger partial charge in [-0.1, -0.05) is 0 Å². The topological polar surface area (TPSA) is 54.3 Å². The molecule has 1 aromatic heterocycles. The van der Waals surface area contributed by atoms with E-state index in [2.05, 4.69) is 10.6 Å². The van der Waals surface area contributed by atoms with Gasteiger partial charge >= 0.3 is 0 Å². The highest BCUT2D eigenvalue weighted by molar-refractivity contribution is 5.76. The molecule has 0 aliphatic carbocycles. The average Bonchev–Trinajstić information content (AvgIpc) is 2.81. The summed E-state index contributed by atoms with van der Waals surface area (Å²) < 4.78 is 5.18. The first kappa shape index (κ1) is 11.2. The maximum Gasteiger partial charge on any atom is 0.220 e. The number of hydrogen-bond donors (Lipinski definition) is 2. The van der Waals surface area contributed by atoms with Gasteiger partial charge in [0.25, 0.3) is 0 Å². The van der Waals surface area contributed by atoms with Crippen LogP contribution in [0.5, 0.6) is 0 Å². The van der Waals surface area contributed by atoms with Crippen molar-refractivity contribution in [1.82, 2.24) is 10.6 Å². The fourth-order valence-corrected chi connectivity index (χ4v) is 1.96. The molecule has 1 aliphatic heterocycles. The molecule has 1 fully saturated rings. The van der Waals surface area contributed by atoms with Crippen LogP contribution in [0.3, 0.4) is 0 Å². The van der Waals surface area contributed by atoms with Crippen molar-refractivity contribution in [1.29, 1.82) is 0 Å². The highest BCUT2D eigenvalue weighted by Crippen LogP contribution is 2.05. The first-order valence-corrected chi connectivity index (χ1v) is 5.87. The summed E-state index contributed by atoms with van der Waals surface area (Å²) in [6.07, 6.45) is 4.90. The van der Waals surface area contributed by atoms with Crippen molar-refractivity contribution in [3.05, 3.63) is 24.2 Å². The zero-order valence-electron chi connectivity index (χ0n) is 9.37. The summed E-state index contributed by atoms with van der Waals surface area (Å²) in [4.78, 5) is 11.6. The van der Waals surface area contributed by atoms with Crippen LogP contribution in [0, 0.1) is 0 Å². The van der Waals surface area contributed by atoms with Crippen molar-refractivity contribution in [2.45, 2.75) is 31.7 Å². The van der Waals surface area contributed by atoms with E-state index in [9.17, 15) is 4.79 Å². The van der Waals surface area contributed by atoms with Crippen molar-refractivity contribution in [2.75, 3.05) is 13.1 Å². The van der Waals surface area contributed by atoms with Gasteiger partial charge in [0, 0.05) is 18.9 Å². The maximum absolute atomic E-state index is 11.6. The Kier molecular flexibility index (Phi) is 3.99. The largest absolute Gasteiger partial charge is 0.469 e. The molecular weight excluding hydrogens is 204 g/mol. The van der Waals surface area contributed by atoms with Crippen molar-refractivity contribution in [2.24, 2.45) is 0 Å². The second-order valence-corrected chi connectivity index (χ2v) is 4.17. The number of hydrogen-bond acceptors (Lipinski definition) is 3. The molecule has 2 N–H and O–H groups in total. The average molecular weight is 222 g/mol. The predicted octanol–water partition coefficient (Wildman–Crippen LogP) is 1.08. The van der Waals surface area contributed by atoms with Crippen molar-refractivity contribution >= 4 is 5.91 Å². The predicted molar refractivity (Wildman–Crippen MR) is 61.1 cm³/mol. The van der Waals surface area contributed by atoms with Gasteiger partial charge in [-0.2, -0.15) is 0 Å². The smallest absolute Gasteiger partial charge is 0.220 e. The molecule has 0 spiro atoms. The molecule has 2 rings (SSSR count). The minimum absolute atomic E-state index is 0.128. The maximum atomic E-state index is 11.6. The second kappa shape index (κ2) is 5.70. The van der Waals surface area contributed by atoms with Crippen molar-refractivity contribution in [3.8, 4) is 0 Å². The van der Waals surface area contributed by atoms with E-state index in [0.29, 0.717) is 18.9 Å². The van der Waals surface area contributed by atoms with E-state index in [-0.39, 0.29) is 5.91 Å². The third-order valence-corrected chi connectivity index (χ3v) is 2.88. The molecule has 0 unspecified atom stereocenters. The van der Waals surface area contributed by atoms with Crippen LogP contribution in [-0.4, -0.2) is 25.0 Å². The molecule has 0 atom stereocenters. The number of piperidine rings is 1. The van der Waals surface area contributed by atoms with Gasteiger partial charge in [-0.15, -0.1) is 0 Å². The Hall–Kier alpha value is -1.29. The molecule has 4 nitrogen and oxygen atoms in total. The minimum atomic E-state index is 0.128. The molecule has 0 aromatic carbocycles. The van der Waals surface area contributed by atoms with Crippen LogP contribution in [0.2, 0.25) is 0 Å². The molecule has 16 heavy (non-hydrogen) atoms. The molecule has 0 radical (unpaired) electrons. The Labute approximate surface area is 95.4 Å². The summed E-state index contributed by atoms with van der Waals surface area (Å²) >= 11 is 0. The van der Waals surface area contributed by atoms with Crippen LogP contribution < -0.4 is 10.6 Å². The number of furan rings is 1. The Bertz CT molecular complexity index is 316. The van der Waals surface area contributed by atoms with E-state index in [1.807, 2.05) is 12.1 Å². The van der Waals surface area contributed by atoms with Crippen LogP contribution in [0.15, 0.2) is 22.8 Å². The van der Waals surface area contributed by atoms with E-state index < -0.39 is 0 Å². The van der Waals surface area contributed by atoms with Crippen LogP contribution in [-0.2, 0) is 11.2 Å². The highest BCUT2D eigenvalue weighted by atomic mass is 16.3. The Balaban J connectivity index is 1.67. The Morgan fingerprint density at radius 1 is 1.50 bits per heavy atom. The summed E-state index contributed by atoms with van der Waals surface area (Å²) in [5.74, 6) is 1.00. The third-order valence-electron chi connectivity index (χ3n) is 2.88. The summed E-state index contributed by atoms with van der Waals surface area (Å²) in [6.45, 7) is 2.01. The SMILES string of the molecule is O=C(CCc1ccco1)NC1CCNCC1. The molecule has 1 saturated heterocycles. The van der Waals surface area contributed by atoms with Crippen molar-refractivity contribution < 1.29 is 9.21 Å². The van der Waals surface area contributed by atoms with Crippen LogP contribution in [0.4, 0.5) is 0 Å².